The number of esters is 1. The van der Waals surface area contributed by atoms with Gasteiger partial charge in [0.15, 0.2) is 12.3 Å². The van der Waals surface area contributed by atoms with Gasteiger partial charge in [-0.05, 0) is 6.92 Å². The predicted octanol–water partition coefficient (Wildman–Crippen LogP) is 1.48. The third-order valence-electron chi connectivity index (χ3n) is 2.49. The number of rotatable bonds is 9. The lowest BCUT2D eigenvalue weighted by atomic mass is 10.2. The number of nitrogens with zero attached hydrogens (tertiary/aromatic N) is 1. The molecule has 20 heavy (non-hydrogen) atoms. The first kappa shape index (κ1) is 18.7. The van der Waals surface area contributed by atoms with E-state index < -0.39 is 19.7 Å². The minimum absolute atomic E-state index is 0.0629. The molecular weight excluding hydrogens is 281 g/mol. The van der Waals surface area contributed by atoms with E-state index in [1.54, 1.807) is 6.92 Å². The molecule has 0 amide bonds. The van der Waals surface area contributed by atoms with Crippen LogP contribution in [-0.4, -0.2) is 68.1 Å². The largest absolute Gasteiger partial charge is 0.478 e. The molecule has 1 unspecified atom stereocenters. The van der Waals surface area contributed by atoms with Crippen molar-refractivity contribution >= 4 is 19.7 Å². The Labute approximate surface area is 120 Å². The van der Waals surface area contributed by atoms with Gasteiger partial charge >= 0.3 is 19.7 Å². The van der Waals surface area contributed by atoms with E-state index in [9.17, 15) is 14.2 Å². The van der Waals surface area contributed by atoms with Crippen LogP contribution in [0.15, 0.2) is 11.6 Å². The first-order valence-electron chi connectivity index (χ1n) is 6.49. The summed E-state index contributed by atoms with van der Waals surface area (Å²) in [6, 6.07) is 0. The van der Waals surface area contributed by atoms with E-state index in [2.05, 4.69) is 0 Å². The van der Waals surface area contributed by atoms with Crippen LogP contribution in [0, 0.1) is 0 Å². The molecule has 0 aliphatic heterocycles. The maximum atomic E-state index is 11.9. The number of aliphatic carboxylic acids is 1. The van der Waals surface area contributed by atoms with E-state index in [1.807, 2.05) is 21.1 Å². The second kappa shape index (κ2) is 8.82. The second-order valence-electron chi connectivity index (χ2n) is 5.42. The molecule has 7 heteroatoms. The molecule has 0 heterocycles. The molecule has 0 aliphatic carbocycles. The minimum atomic E-state index is -1.44. The lowest BCUT2D eigenvalue weighted by Crippen LogP contribution is -2.36. The van der Waals surface area contributed by atoms with Gasteiger partial charge in [0.2, 0.25) is 0 Å². The molecule has 0 aliphatic rings. The summed E-state index contributed by atoms with van der Waals surface area (Å²) in [7, 11) is 4.59. The number of hydrogen-bond acceptors (Lipinski definition) is 4. The Morgan fingerprint density at radius 3 is 2.30 bits per heavy atom. The lowest BCUT2D eigenvalue weighted by Gasteiger charge is -2.21. The number of carboxylic acids is 1. The Bertz CT molecular complexity index is 398. The lowest BCUT2D eigenvalue weighted by molar-refractivity contribution is -0.867. The minimum Gasteiger partial charge on any atom is -0.478 e. The Morgan fingerprint density at radius 2 is 1.85 bits per heavy atom. The highest BCUT2D eigenvalue weighted by atomic mass is 31.1. The third-order valence-corrected chi connectivity index (χ3v) is 3.91. The summed E-state index contributed by atoms with van der Waals surface area (Å²) in [6.07, 6.45) is 1.85. The Hall–Kier alpha value is -1.26. The zero-order valence-corrected chi connectivity index (χ0v) is 13.5. The maximum absolute atomic E-state index is 11.9. The van der Waals surface area contributed by atoms with Crippen molar-refractivity contribution in [2.45, 2.75) is 13.3 Å². The van der Waals surface area contributed by atoms with Gasteiger partial charge in [0.25, 0.3) is 0 Å². The number of ether oxygens (including phenoxy) is 1. The molecule has 6 nitrogen and oxygen atoms in total. The zero-order valence-electron chi connectivity index (χ0n) is 12.6. The molecule has 0 aromatic heterocycles. The molecule has 0 spiro atoms. The Morgan fingerprint density at radius 1 is 1.25 bits per heavy atom. The highest BCUT2D eigenvalue weighted by Crippen LogP contribution is 2.24. The Kier molecular flexibility index (Phi) is 8.26. The quantitative estimate of drug-likeness (QED) is 0.302. The molecule has 0 bridgehead atoms. The van der Waals surface area contributed by atoms with Crippen molar-refractivity contribution in [3.05, 3.63) is 11.6 Å². The second-order valence-corrected chi connectivity index (χ2v) is 7.28. The molecule has 114 valence electrons. The summed E-state index contributed by atoms with van der Waals surface area (Å²) in [6.45, 7) is 2.61. The first-order chi connectivity index (χ1) is 9.15. The van der Waals surface area contributed by atoms with Crippen LogP contribution in [0.25, 0.3) is 0 Å². The number of carboxylic acid groups (broad SMARTS) is 1. The zero-order chi connectivity index (χ0) is 15.8. The molecule has 0 saturated heterocycles. The van der Waals surface area contributed by atoms with Crippen LogP contribution in [0.5, 0.6) is 0 Å². The fourth-order valence-electron chi connectivity index (χ4n) is 1.37. The molecular formula is C13H24NO5P+2. The van der Waals surface area contributed by atoms with Gasteiger partial charge in [0, 0.05) is 18.1 Å². The van der Waals surface area contributed by atoms with E-state index in [0.29, 0.717) is 12.3 Å². The van der Waals surface area contributed by atoms with Crippen LogP contribution >= 0.6 is 7.80 Å². The van der Waals surface area contributed by atoms with E-state index in [0.717, 1.165) is 17.1 Å². The average Bonchev–Trinajstić information content (AvgIpc) is 2.30. The van der Waals surface area contributed by atoms with Gasteiger partial charge in [-0.15, -0.1) is 0 Å². The standard InChI is InChI=1S/C13H23NO5P/c1-5-19-13(17)11(10-12(15)16)6-8-20(18)9-7-14(2,3)4/h10H,5-9H2,1-4H3/q+1/p+1/b11-10-. The summed E-state index contributed by atoms with van der Waals surface area (Å²) in [5, 5.41) is 8.72. The van der Waals surface area contributed by atoms with Crippen molar-refractivity contribution in [1.82, 2.24) is 0 Å². The number of carbonyl (C=O) groups is 2. The van der Waals surface area contributed by atoms with Gasteiger partial charge < -0.3 is 14.3 Å². The molecule has 1 N–H and O–H groups in total. The van der Waals surface area contributed by atoms with E-state index in [4.69, 9.17) is 9.84 Å². The summed E-state index contributed by atoms with van der Waals surface area (Å²) < 4.78 is 17.4. The average molecular weight is 305 g/mol. The molecule has 0 rings (SSSR count). The highest BCUT2D eigenvalue weighted by molar-refractivity contribution is 7.44. The van der Waals surface area contributed by atoms with Crippen LogP contribution in [0.1, 0.15) is 13.3 Å². The fraction of sp³-hybridized carbons (Fsp3) is 0.692. The van der Waals surface area contributed by atoms with Gasteiger partial charge in [-0.3, -0.25) is 0 Å². The smallest absolute Gasteiger partial charge is 0.344 e. The monoisotopic (exact) mass is 305 g/mol. The van der Waals surface area contributed by atoms with Crippen LogP contribution in [0.2, 0.25) is 0 Å². The van der Waals surface area contributed by atoms with E-state index in [-0.39, 0.29) is 18.6 Å². The SMILES string of the molecule is CCOC(=O)/C(=C\C(=O)O)CC[P+](=O)CC[N+](C)(C)C. The molecule has 0 radical (unpaired) electrons. The molecule has 0 fully saturated rings. The first-order valence-corrected chi connectivity index (χ1v) is 8.12. The fourth-order valence-corrected chi connectivity index (χ4v) is 2.91. The summed E-state index contributed by atoms with van der Waals surface area (Å²) in [5.41, 5.74) is 0.0629. The van der Waals surface area contributed by atoms with E-state index >= 15 is 0 Å². The number of hydrogen-bond donors (Lipinski definition) is 1. The third kappa shape index (κ3) is 9.64. The van der Waals surface area contributed by atoms with Crippen LogP contribution < -0.4 is 0 Å². The Balaban J connectivity index is 4.44. The number of quaternary nitrogens is 1. The predicted molar refractivity (Wildman–Crippen MR) is 77.2 cm³/mol. The summed E-state index contributed by atoms with van der Waals surface area (Å²) in [4.78, 5) is 22.2. The highest BCUT2D eigenvalue weighted by Gasteiger charge is 2.23. The maximum Gasteiger partial charge on any atom is 0.344 e. The van der Waals surface area contributed by atoms with Crippen molar-refractivity contribution in [2.75, 3.05) is 46.6 Å². The summed E-state index contributed by atoms with van der Waals surface area (Å²) in [5.74, 6) is -1.85. The van der Waals surface area contributed by atoms with Gasteiger partial charge in [-0.25, -0.2) is 9.59 Å². The van der Waals surface area contributed by atoms with E-state index in [1.165, 1.54) is 0 Å². The van der Waals surface area contributed by atoms with Crippen LogP contribution in [0.3, 0.4) is 0 Å². The van der Waals surface area contributed by atoms with Gasteiger partial charge in [-0.2, -0.15) is 0 Å². The molecule has 0 saturated carbocycles. The molecule has 0 aromatic rings. The van der Waals surface area contributed by atoms with Crippen molar-refractivity contribution < 1.29 is 28.5 Å². The van der Waals surface area contributed by atoms with Crippen molar-refractivity contribution in [2.24, 2.45) is 0 Å². The molecule has 1 atom stereocenters. The van der Waals surface area contributed by atoms with Crippen molar-refractivity contribution in [3.8, 4) is 0 Å². The van der Waals surface area contributed by atoms with Crippen molar-refractivity contribution in [3.63, 3.8) is 0 Å². The topological polar surface area (TPSA) is 80.7 Å². The van der Waals surface area contributed by atoms with Crippen LogP contribution in [0.4, 0.5) is 0 Å². The van der Waals surface area contributed by atoms with Gasteiger partial charge in [0.05, 0.1) is 27.7 Å². The normalized spacial score (nSPS) is 13.0. The van der Waals surface area contributed by atoms with Crippen molar-refractivity contribution in [1.29, 1.82) is 0 Å². The number of carbonyl (C=O) groups excluding carboxylic acids is 1. The summed E-state index contributed by atoms with van der Waals surface area (Å²) >= 11 is 0. The van der Waals surface area contributed by atoms with Gasteiger partial charge in [0.1, 0.15) is 6.54 Å². The van der Waals surface area contributed by atoms with Gasteiger partial charge in [-0.1, -0.05) is 4.57 Å². The molecule has 0 aromatic carbocycles. The van der Waals surface area contributed by atoms with Crippen LogP contribution in [-0.2, 0) is 18.9 Å².